The fraction of sp³-hybridized carbons (Fsp3) is 0.273. The molecular formula is C33H33F3N6O3S. The van der Waals surface area contributed by atoms with Crippen molar-refractivity contribution in [2.45, 2.75) is 39.5 Å². The molecule has 4 aromatic rings. The Morgan fingerprint density at radius 3 is 2.46 bits per heavy atom. The van der Waals surface area contributed by atoms with Crippen LogP contribution in [0.15, 0.2) is 84.2 Å². The van der Waals surface area contributed by atoms with Crippen molar-refractivity contribution in [2.24, 2.45) is 4.99 Å². The molecule has 0 bridgehead atoms. The van der Waals surface area contributed by atoms with Crippen LogP contribution in [0.1, 0.15) is 44.2 Å². The Morgan fingerprint density at radius 1 is 1.07 bits per heavy atom. The number of hydrogen-bond donors (Lipinski definition) is 1. The average Bonchev–Trinajstić information content (AvgIpc) is 3.54. The van der Waals surface area contributed by atoms with Gasteiger partial charge in [0.15, 0.2) is 11.0 Å². The summed E-state index contributed by atoms with van der Waals surface area (Å²) in [6, 6.07) is 18.4. The number of nitrogens with one attached hydrogen (secondary N) is 1. The molecule has 0 saturated carbocycles. The second-order valence-corrected chi connectivity index (χ2v) is 11.8. The number of amidine groups is 1. The Labute approximate surface area is 269 Å². The van der Waals surface area contributed by atoms with Crippen LogP contribution in [0.4, 0.5) is 23.7 Å². The van der Waals surface area contributed by atoms with Crippen molar-refractivity contribution < 1.29 is 27.4 Å². The lowest BCUT2D eigenvalue weighted by Crippen LogP contribution is -2.36. The zero-order chi connectivity index (χ0) is 32.8. The van der Waals surface area contributed by atoms with Gasteiger partial charge in [-0.05, 0) is 78.4 Å². The number of alkyl halides is 3. The molecule has 1 aliphatic heterocycles. The van der Waals surface area contributed by atoms with Crippen molar-refractivity contribution in [2.75, 3.05) is 24.3 Å². The first-order chi connectivity index (χ1) is 22.0. The number of thioether (sulfide) groups is 1. The maximum Gasteiger partial charge on any atom is 0.573 e. The highest BCUT2D eigenvalue weighted by Crippen LogP contribution is 2.35. The van der Waals surface area contributed by atoms with E-state index in [9.17, 15) is 18.0 Å². The van der Waals surface area contributed by atoms with Gasteiger partial charge < -0.3 is 19.7 Å². The first-order valence-electron chi connectivity index (χ1n) is 14.5. The Kier molecular flexibility index (Phi) is 10.0. The number of benzene rings is 3. The molecule has 0 unspecified atom stereocenters. The molecule has 1 aromatic heterocycles. The monoisotopic (exact) mass is 650 g/mol. The number of carbonyl (C=O) groups is 1. The number of aromatic nitrogens is 3. The van der Waals surface area contributed by atoms with E-state index in [1.165, 1.54) is 35.3 Å². The van der Waals surface area contributed by atoms with Gasteiger partial charge in [-0.2, -0.15) is 4.99 Å². The number of halogens is 3. The molecule has 1 fully saturated rings. The molecule has 5 rings (SSSR count). The summed E-state index contributed by atoms with van der Waals surface area (Å²) in [5, 5.41) is 7.89. The summed E-state index contributed by atoms with van der Waals surface area (Å²) in [7, 11) is 1.65. The maximum atomic E-state index is 12.9. The molecule has 3 aromatic carbocycles. The molecule has 46 heavy (non-hydrogen) atoms. The molecule has 1 N–H and O–H groups in total. The van der Waals surface area contributed by atoms with E-state index >= 15 is 0 Å². The number of allylic oxidation sites excluding steroid dienone is 1. The van der Waals surface area contributed by atoms with Gasteiger partial charge in [0.1, 0.15) is 17.8 Å². The smallest absolute Gasteiger partial charge is 0.497 e. The molecule has 2 amide bonds. The summed E-state index contributed by atoms with van der Waals surface area (Å²) < 4.78 is 48.1. The molecule has 0 atom stereocenters. The Morgan fingerprint density at radius 2 is 1.78 bits per heavy atom. The maximum absolute atomic E-state index is 12.9. The van der Waals surface area contributed by atoms with E-state index in [-0.39, 0.29) is 11.7 Å². The van der Waals surface area contributed by atoms with E-state index in [0.717, 1.165) is 52.4 Å². The fourth-order valence-corrected chi connectivity index (χ4v) is 5.77. The van der Waals surface area contributed by atoms with Crippen molar-refractivity contribution in [3.63, 3.8) is 0 Å². The van der Waals surface area contributed by atoms with Crippen molar-refractivity contribution in [1.29, 1.82) is 0 Å². The minimum Gasteiger partial charge on any atom is -0.497 e. The molecule has 9 nitrogen and oxygen atoms in total. The number of urea groups is 1. The Bertz CT molecular complexity index is 1730. The van der Waals surface area contributed by atoms with Crippen LogP contribution in [-0.2, 0) is 0 Å². The third-order valence-corrected chi connectivity index (χ3v) is 8.23. The lowest BCUT2D eigenvalue weighted by Gasteiger charge is -2.32. The molecule has 1 saturated heterocycles. The van der Waals surface area contributed by atoms with Crippen molar-refractivity contribution in [3.05, 3.63) is 90.4 Å². The topological polar surface area (TPSA) is 93.9 Å². The second kappa shape index (κ2) is 14.1. The van der Waals surface area contributed by atoms with Gasteiger partial charge in [-0.3, -0.25) is 0 Å². The van der Waals surface area contributed by atoms with Gasteiger partial charge in [0, 0.05) is 29.7 Å². The largest absolute Gasteiger partial charge is 0.573 e. The Balaban J connectivity index is 1.24. The fourth-order valence-electron chi connectivity index (χ4n) is 4.82. The van der Waals surface area contributed by atoms with Crippen LogP contribution >= 0.6 is 11.8 Å². The van der Waals surface area contributed by atoms with Crippen LogP contribution in [0.5, 0.6) is 11.5 Å². The molecular weight excluding hydrogens is 617 g/mol. The highest BCUT2D eigenvalue weighted by atomic mass is 32.2. The number of amides is 2. The van der Waals surface area contributed by atoms with Crippen molar-refractivity contribution >= 4 is 34.2 Å². The zero-order valence-corrected chi connectivity index (χ0v) is 26.5. The average molecular weight is 651 g/mol. The van der Waals surface area contributed by atoms with E-state index in [1.807, 2.05) is 49.4 Å². The van der Waals surface area contributed by atoms with E-state index in [0.29, 0.717) is 16.7 Å². The number of anilines is 1. The number of aliphatic imine (C=N–C) groups is 1. The molecule has 0 aliphatic carbocycles. The summed E-state index contributed by atoms with van der Waals surface area (Å²) in [6.07, 6.45) is -0.665. The third kappa shape index (κ3) is 8.08. The van der Waals surface area contributed by atoms with Crippen molar-refractivity contribution in [1.82, 2.24) is 20.1 Å². The predicted molar refractivity (Wildman–Crippen MR) is 175 cm³/mol. The molecule has 0 spiro atoms. The first-order valence-corrected chi connectivity index (χ1v) is 15.5. The van der Waals surface area contributed by atoms with E-state index in [1.54, 1.807) is 25.1 Å². The molecule has 2 heterocycles. The van der Waals surface area contributed by atoms with Crippen molar-refractivity contribution in [3.8, 4) is 28.6 Å². The van der Waals surface area contributed by atoms with Crippen LogP contribution in [0.3, 0.4) is 0 Å². The normalized spacial score (nSPS) is 14.9. The van der Waals surface area contributed by atoms with Crippen LogP contribution in [0.2, 0.25) is 0 Å². The number of nitrogens with zero attached hydrogens (tertiary/aromatic N) is 5. The number of carbonyl (C=O) groups excluding carboxylic acids is 1. The SMILES string of the molecule is COc1ccc(N2CCCSC2=NC(=O)N/C=C(\C)c2ccc(-c3ncn(-c4ccc(OC(F)(F)F)cc4)n3)cc2)c(C(C)C)c1. The predicted octanol–water partition coefficient (Wildman–Crippen LogP) is 8.03. The second-order valence-electron chi connectivity index (χ2n) is 10.7. The molecule has 0 radical (unpaired) electrons. The highest BCUT2D eigenvalue weighted by Gasteiger charge is 2.31. The van der Waals surface area contributed by atoms with Crippen LogP contribution < -0.4 is 19.7 Å². The first kappa shape index (κ1) is 32.6. The quantitative estimate of drug-likeness (QED) is 0.206. The van der Waals surface area contributed by atoms with Crippen LogP contribution in [0.25, 0.3) is 22.6 Å². The number of ether oxygens (including phenoxy) is 2. The summed E-state index contributed by atoms with van der Waals surface area (Å²) in [6.45, 7) is 6.91. The lowest BCUT2D eigenvalue weighted by atomic mass is 10.00. The van der Waals surface area contributed by atoms with Gasteiger partial charge in [-0.1, -0.05) is 49.9 Å². The van der Waals surface area contributed by atoms with E-state index in [4.69, 9.17) is 4.74 Å². The Hall–Kier alpha value is -4.78. The highest BCUT2D eigenvalue weighted by molar-refractivity contribution is 8.14. The zero-order valence-electron chi connectivity index (χ0n) is 25.7. The van der Waals surface area contributed by atoms with Gasteiger partial charge in [0.2, 0.25) is 0 Å². The number of hydrogen-bond acceptors (Lipinski definition) is 6. The van der Waals surface area contributed by atoms with Gasteiger partial charge in [-0.25, -0.2) is 14.5 Å². The summed E-state index contributed by atoms with van der Waals surface area (Å²) in [5.74, 6) is 2.06. The van der Waals surface area contributed by atoms with E-state index in [2.05, 4.69) is 43.9 Å². The lowest BCUT2D eigenvalue weighted by molar-refractivity contribution is -0.274. The van der Waals surface area contributed by atoms with E-state index < -0.39 is 12.4 Å². The third-order valence-electron chi connectivity index (χ3n) is 7.17. The van der Waals surface area contributed by atoms with Gasteiger partial charge >= 0.3 is 12.4 Å². The minimum atomic E-state index is -4.76. The number of methoxy groups -OCH3 is 1. The standard InChI is InChI=1S/C33H33F3N6O3S/c1-21(2)28-18-27(44-4)14-15-29(28)41-16-5-17-46-32(41)39-31(43)37-19-22(3)23-6-8-24(9-7-23)30-38-20-42(40-30)25-10-12-26(13-11-25)45-33(34,35)36/h6-15,18-21H,5,16-17H2,1-4H3,(H,37,43)/b22-19+,39-32?. The van der Waals surface area contributed by atoms with Gasteiger partial charge in [0.25, 0.3) is 0 Å². The summed E-state index contributed by atoms with van der Waals surface area (Å²) >= 11 is 1.56. The summed E-state index contributed by atoms with van der Waals surface area (Å²) in [5.41, 5.74) is 5.13. The molecule has 13 heteroatoms. The van der Waals surface area contributed by atoms with Crippen LogP contribution in [-0.4, -0.2) is 51.7 Å². The number of rotatable bonds is 8. The van der Waals surface area contributed by atoms with Crippen LogP contribution in [0, 0.1) is 0 Å². The molecule has 1 aliphatic rings. The molecule has 240 valence electrons. The minimum absolute atomic E-state index is 0.262. The van der Waals surface area contributed by atoms with Gasteiger partial charge in [0.05, 0.1) is 12.8 Å². The summed E-state index contributed by atoms with van der Waals surface area (Å²) in [4.78, 5) is 23.7. The van der Waals surface area contributed by atoms with Gasteiger partial charge in [-0.15, -0.1) is 18.3 Å².